The molecule has 0 radical (unpaired) electrons. The van der Waals surface area contributed by atoms with Crippen molar-refractivity contribution in [2.75, 3.05) is 0 Å². The normalized spacial score (nSPS) is 19.0. The van der Waals surface area contributed by atoms with E-state index < -0.39 is 18.0 Å². The van der Waals surface area contributed by atoms with Crippen LogP contribution in [0, 0.1) is 12.8 Å². The Morgan fingerprint density at radius 3 is 2.12 bits per heavy atom. The van der Waals surface area contributed by atoms with Gasteiger partial charge in [-0.05, 0) is 36.3 Å². The second kappa shape index (κ2) is 9.04. The summed E-state index contributed by atoms with van der Waals surface area (Å²) in [4.78, 5) is 13.2. The van der Waals surface area contributed by atoms with Crippen LogP contribution in [0.15, 0.2) is 73.1 Å². The highest BCUT2D eigenvalue weighted by molar-refractivity contribution is 5.91. The number of carbonyl (C=O) groups excluding carboxylic acids is 1. The Morgan fingerprint density at radius 1 is 1.03 bits per heavy atom. The van der Waals surface area contributed by atoms with Crippen molar-refractivity contribution in [3.63, 3.8) is 0 Å². The third kappa shape index (κ3) is 4.41. The van der Waals surface area contributed by atoms with Gasteiger partial charge in [0.05, 0.1) is 13.0 Å². The van der Waals surface area contributed by atoms with Gasteiger partial charge in [-0.3, -0.25) is 4.79 Å². The molecule has 2 atom stereocenters. The van der Waals surface area contributed by atoms with Gasteiger partial charge in [-0.25, -0.2) is 9.13 Å². The van der Waals surface area contributed by atoms with Gasteiger partial charge in [0.1, 0.15) is 23.9 Å². The molecule has 0 spiro atoms. The first-order chi connectivity index (χ1) is 15.7. The Hall–Kier alpha value is -3.09. The largest absolute Gasteiger partial charge is 0.392 e. The number of halogens is 3. The minimum absolute atomic E-state index is 0.0322. The zero-order valence-electron chi connectivity index (χ0n) is 18.6. The predicted molar refractivity (Wildman–Crippen MR) is 119 cm³/mol. The fourth-order valence-corrected chi connectivity index (χ4v) is 5.52. The highest BCUT2D eigenvalue weighted by atomic mass is 19.4. The summed E-state index contributed by atoms with van der Waals surface area (Å²) in [7, 11) is 0. The van der Waals surface area contributed by atoms with Crippen LogP contribution in [0.4, 0.5) is 13.2 Å². The molecule has 33 heavy (non-hydrogen) atoms. The molecule has 0 saturated heterocycles. The third-order valence-electron chi connectivity index (χ3n) is 7.09. The van der Waals surface area contributed by atoms with E-state index in [4.69, 9.17) is 5.73 Å². The van der Waals surface area contributed by atoms with Crippen LogP contribution >= 0.6 is 0 Å². The Morgan fingerprint density at radius 2 is 1.61 bits per heavy atom. The summed E-state index contributed by atoms with van der Waals surface area (Å²) < 4.78 is 41.8. The van der Waals surface area contributed by atoms with E-state index in [1.807, 2.05) is 73.8 Å². The molecule has 1 fully saturated rings. The lowest BCUT2D eigenvalue weighted by molar-refractivity contribution is -0.705. The first-order valence-electron chi connectivity index (χ1n) is 11.3. The van der Waals surface area contributed by atoms with Crippen LogP contribution in [0.25, 0.3) is 0 Å². The van der Waals surface area contributed by atoms with Gasteiger partial charge in [0, 0.05) is 6.92 Å². The zero-order valence-corrected chi connectivity index (χ0v) is 18.6. The van der Waals surface area contributed by atoms with E-state index in [0.29, 0.717) is 6.42 Å². The van der Waals surface area contributed by atoms with Gasteiger partial charge in [-0.1, -0.05) is 60.7 Å². The lowest BCUT2D eigenvalue weighted by Crippen LogP contribution is -2.47. The second-order valence-corrected chi connectivity index (χ2v) is 8.88. The minimum Gasteiger partial charge on any atom is -0.369 e. The third-order valence-corrected chi connectivity index (χ3v) is 7.09. The van der Waals surface area contributed by atoms with Crippen LogP contribution in [-0.4, -0.2) is 16.7 Å². The maximum atomic E-state index is 13.2. The van der Waals surface area contributed by atoms with E-state index in [0.717, 1.165) is 29.8 Å². The number of hydrogen-bond donors (Lipinski definition) is 1. The number of imidazole rings is 1. The van der Waals surface area contributed by atoms with Gasteiger partial charge >= 0.3 is 6.18 Å². The number of alkyl halides is 3. The van der Waals surface area contributed by atoms with E-state index in [9.17, 15) is 18.0 Å². The summed E-state index contributed by atoms with van der Waals surface area (Å²) in [5, 5.41) is 0. The van der Waals surface area contributed by atoms with Crippen LogP contribution < -0.4 is 10.3 Å². The molecule has 4 rings (SSSR count). The van der Waals surface area contributed by atoms with Gasteiger partial charge in [0.25, 0.3) is 5.82 Å². The lowest BCUT2D eigenvalue weighted by atomic mass is 9.64. The first-order valence-corrected chi connectivity index (χ1v) is 11.3. The molecule has 1 aliphatic rings. The van der Waals surface area contributed by atoms with Crippen LogP contribution in [0.3, 0.4) is 0 Å². The molecule has 0 aliphatic heterocycles. The van der Waals surface area contributed by atoms with Gasteiger partial charge in [0.15, 0.2) is 0 Å². The van der Waals surface area contributed by atoms with Crippen molar-refractivity contribution >= 4 is 5.91 Å². The first kappa shape index (κ1) is 23.1. The number of rotatable bonds is 7. The zero-order chi connectivity index (χ0) is 23.6. The molecule has 2 aromatic carbocycles. The summed E-state index contributed by atoms with van der Waals surface area (Å²) in [6, 6.07) is 19.4. The van der Waals surface area contributed by atoms with Gasteiger partial charge in [-0.2, -0.15) is 13.2 Å². The smallest absolute Gasteiger partial charge is 0.369 e. The molecule has 0 bridgehead atoms. The number of hydrogen-bond acceptors (Lipinski definition) is 1. The monoisotopic (exact) mass is 456 g/mol. The van der Waals surface area contributed by atoms with Crippen molar-refractivity contribution in [2.45, 2.75) is 56.8 Å². The number of amides is 1. The SMILES string of the molecule is Cc1n([C@H]2CC[C@@H](C(C(N)=O)(c3ccccc3)c3ccccc3)C2)cc[n+]1CCC(F)(F)F. The highest BCUT2D eigenvalue weighted by Crippen LogP contribution is 2.49. The molecule has 3 aromatic rings. The molecule has 2 N–H and O–H groups in total. The molecule has 4 nitrogen and oxygen atoms in total. The number of benzene rings is 2. The van der Waals surface area contributed by atoms with Crippen LogP contribution in [0.1, 0.15) is 48.7 Å². The molecule has 174 valence electrons. The fourth-order valence-electron chi connectivity index (χ4n) is 5.52. The average Bonchev–Trinajstić information content (AvgIpc) is 3.41. The lowest BCUT2D eigenvalue weighted by Gasteiger charge is -2.37. The highest BCUT2D eigenvalue weighted by Gasteiger charge is 2.51. The quantitative estimate of drug-likeness (QED) is 0.508. The number of carbonyl (C=O) groups is 1. The molecule has 1 amide bonds. The van der Waals surface area contributed by atoms with Crippen molar-refractivity contribution in [1.82, 2.24) is 4.57 Å². The molecule has 7 heteroatoms. The van der Waals surface area contributed by atoms with E-state index >= 15 is 0 Å². The Balaban J connectivity index is 1.67. The standard InChI is InChI=1S/C26H28F3N3O/c1-19-31(15-14-25(27,28)29)16-17-32(19)23-13-12-22(18-23)26(24(30)33,20-8-4-2-5-9-20)21-10-6-3-7-11-21/h2-11,16-17,22-23H,12-15,18H2,1H3,(H-,30,33)/p+1/t22-,23+/m1/s1. The Kier molecular flexibility index (Phi) is 6.32. The van der Waals surface area contributed by atoms with E-state index in [1.165, 1.54) is 0 Å². The van der Waals surface area contributed by atoms with Crippen molar-refractivity contribution in [2.24, 2.45) is 11.7 Å². The molecule has 1 aromatic heterocycles. The molecule has 0 unspecified atom stereocenters. The van der Waals surface area contributed by atoms with Gasteiger partial charge in [-0.15, -0.1) is 0 Å². The summed E-state index contributed by atoms with van der Waals surface area (Å²) >= 11 is 0. The molecule has 1 saturated carbocycles. The Bertz CT molecular complexity index is 1050. The molecular formula is C26H29F3N3O+. The van der Waals surface area contributed by atoms with Crippen molar-refractivity contribution < 1.29 is 22.5 Å². The predicted octanol–water partition coefficient (Wildman–Crippen LogP) is 4.85. The maximum absolute atomic E-state index is 13.2. The topological polar surface area (TPSA) is 51.9 Å². The Labute approximate surface area is 191 Å². The van der Waals surface area contributed by atoms with E-state index in [2.05, 4.69) is 4.57 Å². The number of aromatic nitrogens is 2. The van der Waals surface area contributed by atoms with Crippen molar-refractivity contribution in [3.8, 4) is 0 Å². The molecule has 1 heterocycles. The maximum Gasteiger partial charge on any atom is 0.392 e. The van der Waals surface area contributed by atoms with Crippen molar-refractivity contribution in [1.29, 1.82) is 0 Å². The minimum atomic E-state index is -4.19. The van der Waals surface area contributed by atoms with Crippen LogP contribution in [0.5, 0.6) is 0 Å². The second-order valence-electron chi connectivity index (χ2n) is 8.88. The van der Waals surface area contributed by atoms with E-state index in [-0.39, 0.29) is 24.4 Å². The van der Waals surface area contributed by atoms with Gasteiger partial charge in [0.2, 0.25) is 5.91 Å². The number of nitrogens with zero attached hydrogens (tertiary/aromatic N) is 2. The molecular weight excluding hydrogens is 427 g/mol. The summed E-state index contributed by atoms with van der Waals surface area (Å²) in [6.07, 6.45) is 0.849. The van der Waals surface area contributed by atoms with Crippen LogP contribution in [0.2, 0.25) is 0 Å². The number of aryl methyl sites for hydroxylation is 1. The summed E-state index contributed by atoms with van der Waals surface area (Å²) in [5.74, 6) is 0.374. The number of primary amides is 1. The van der Waals surface area contributed by atoms with Gasteiger partial charge < -0.3 is 5.73 Å². The average molecular weight is 457 g/mol. The summed E-state index contributed by atoms with van der Waals surface area (Å²) in [6.45, 7) is 1.75. The van der Waals surface area contributed by atoms with Crippen LogP contribution in [-0.2, 0) is 16.8 Å². The fraction of sp³-hybridized carbons (Fsp3) is 0.385. The number of nitrogens with two attached hydrogens (primary N) is 1. The molecule has 1 aliphatic carbocycles. The van der Waals surface area contributed by atoms with Crippen molar-refractivity contribution in [3.05, 3.63) is 90.0 Å². The summed E-state index contributed by atoms with van der Waals surface area (Å²) in [5.41, 5.74) is 6.94. The van der Waals surface area contributed by atoms with E-state index in [1.54, 1.807) is 10.8 Å².